The van der Waals surface area contributed by atoms with Gasteiger partial charge in [-0.25, -0.2) is 13.1 Å². The lowest BCUT2D eigenvalue weighted by Gasteiger charge is -2.16. The number of benzene rings is 1. The molecule has 1 aliphatic carbocycles. The summed E-state index contributed by atoms with van der Waals surface area (Å²) >= 11 is 0. The molecule has 6 heteroatoms. The standard InChI is InChI=1S/C17H26N2O3S/c1-14-8-10-16(11-9-14)23(21,22)18-13-12-17(20)19-15-6-4-2-3-5-7-15/h8-11,15,18H,2-7,12-13H2,1H3,(H,19,20). The molecule has 1 fully saturated rings. The first kappa shape index (κ1) is 17.9. The third-order valence-corrected chi connectivity index (χ3v) is 5.67. The third kappa shape index (κ3) is 5.95. The Morgan fingerprint density at radius 1 is 1.09 bits per heavy atom. The number of sulfonamides is 1. The van der Waals surface area contributed by atoms with E-state index < -0.39 is 10.0 Å². The molecule has 0 saturated heterocycles. The van der Waals surface area contributed by atoms with E-state index in [1.165, 1.54) is 12.8 Å². The first-order valence-corrected chi connectivity index (χ1v) is 9.81. The smallest absolute Gasteiger partial charge is 0.240 e. The Hall–Kier alpha value is -1.40. The van der Waals surface area contributed by atoms with Gasteiger partial charge in [-0.1, -0.05) is 43.4 Å². The first-order chi connectivity index (χ1) is 11.0. The Morgan fingerprint density at radius 3 is 2.30 bits per heavy atom. The van der Waals surface area contributed by atoms with Gasteiger partial charge in [0, 0.05) is 19.0 Å². The molecular formula is C17H26N2O3S. The normalized spacial score (nSPS) is 16.7. The molecule has 1 aliphatic rings. The molecule has 23 heavy (non-hydrogen) atoms. The number of hydrogen-bond donors (Lipinski definition) is 2. The summed E-state index contributed by atoms with van der Waals surface area (Å²) in [6.07, 6.45) is 7.02. The van der Waals surface area contributed by atoms with Crippen LogP contribution in [0.4, 0.5) is 0 Å². The minimum absolute atomic E-state index is 0.0801. The molecule has 1 aromatic rings. The maximum absolute atomic E-state index is 12.1. The average molecular weight is 338 g/mol. The fourth-order valence-electron chi connectivity index (χ4n) is 2.82. The summed E-state index contributed by atoms with van der Waals surface area (Å²) in [7, 11) is -3.54. The Bertz CT molecular complexity index is 603. The van der Waals surface area contributed by atoms with Gasteiger partial charge in [0.1, 0.15) is 0 Å². The number of aryl methyl sites for hydroxylation is 1. The van der Waals surface area contributed by atoms with Gasteiger partial charge in [0.2, 0.25) is 15.9 Å². The highest BCUT2D eigenvalue weighted by Crippen LogP contribution is 2.17. The maximum atomic E-state index is 12.1. The van der Waals surface area contributed by atoms with Crippen LogP contribution in [0, 0.1) is 6.92 Å². The molecule has 0 radical (unpaired) electrons. The van der Waals surface area contributed by atoms with Crippen LogP contribution in [0.15, 0.2) is 29.2 Å². The van der Waals surface area contributed by atoms with E-state index in [1.807, 2.05) is 6.92 Å². The van der Waals surface area contributed by atoms with E-state index in [4.69, 9.17) is 0 Å². The van der Waals surface area contributed by atoms with Crippen molar-refractivity contribution < 1.29 is 13.2 Å². The van der Waals surface area contributed by atoms with Crippen LogP contribution in [-0.2, 0) is 14.8 Å². The average Bonchev–Trinajstić information content (AvgIpc) is 2.76. The molecule has 2 N–H and O–H groups in total. The van der Waals surface area contributed by atoms with Crippen molar-refractivity contribution in [2.75, 3.05) is 6.54 Å². The Kier molecular flexibility index (Phi) is 6.59. The zero-order valence-corrected chi connectivity index (χ0v) is 14.5. The molecule has 5 nitrogen and oxygen atoms in total. The van der Waals surface area contributed by atoms with E-state index >= 15 is 0 Å². The number of rotatable bonds is 6. The lowest BCUT2D eigenvalue weighted by molar-refractivity contribution is -0.121. The van der Waals surface area contributed by atoms with Crippen LogP contribution < -0.4 is 10.0 Å². The summed E-state index contributed by atoms with van der Waals surface area (Å²) in [4.78, 5) is 12.2. The van der Waals surface area contributed by atoms with Crippen molar-refractivity contribution in [1.82, 2.24) is 10.0 Å². The molecule has 1 amide bonds. The molecule has 0 unspecified atom stereocenters. The second-order valence-corrected chi connectivity index (χ2v) is 7.98. The van der Waals surface area contributed by atoms with E-state index in [1.54, 1.807) is 24.3 Å². The molecule has 0 spiro atoms. The highest BCUT2D eigenvalue weighted by atomic mass is 32.2. The van der Waals surface area contributed by atoms with Crippen molar-refractivity contribution in [3.05, 3.63) is 29.8 Å². The topological polar surface area (TPSA) is 75.3 Å². The van der Waals surface area contributed by atoms with Crippen LogP contribution in [0.3, 0.4) is 0 Å². The zero-order chi connectivity index (χ0) is 16.7. The summed E-state index contributed by atoms with van der Waals surface area (Å²) in [5.41, 5.74) is 1.01. The molecule has 2 rings (SSSR count). The predicted molar refractivity (Wildman–Crippen MR) is 90.6 cm³/mol. The van der Waals surface area contributed by atoms with Gasteiger partial charge in [0.15, 0.2) is 0 Å². The van der Waals surface area contributed by atoms with Crippen LogP contribution in [0.2, 0.25) is 0 Å². The van der Waals surface area contributed by atoms with Gasteiger partial charge in [0.25, 0.3) is 0 Å². The Morgan fingerprint density at radius 2 is 1.70 bits per heavy atom. The van der Waals surface area contributed by atoms with E-state index in [-0.39, 0.29) is 29.8 Å². The van der Waals surface area contributed by atoms with Gasteiger partial charge >= 0.3 is 0 Å². The van der Waals surface area contributed by atoms with Crippen molar-refractivity contribution in [3.63, 3.8) is 0 Å². The first-order valence-electron chi connectivity index (χ1n) is 8.33. The summed E-state index contributed by atoms with van der Waals surface area (Å²) in [6.45, 7) is 2.02. The number of hydrogen-bond acceptors (Lipinski definition) is 3. The van der Waals surface area contributed by atoms with Crippen LogP contribution in [0.5, 0.6) is 0 Å². The van der Waals surface area contributed by atoms with E-state index in [0.717, 1.165) is 31.2 Å². The molecule has 0 aromatic heterocycles. The van der Waals surface area contributed by atoms with Crippen LogP contribution >= 0.6 is 0 Å². The number of nitrogens with one attached hydrogen (secondary N) is 2. The summed E-state index contributed by atoms with van der Waals surface area (Å²) in [5, 5.41) is 3.02. The monoisotopic (exact) mass is 338 g/mol. The van der Waals surface area contributed by atoms with E-state index in [0.29, 0.717) is 0 Å². The molecule has 0 aliphatic heterocycles. The zero-order valence-electron chi connectivity index (χ0n) is 13.7. The van der Waals surface area contributed by atoms with Crippen LogP contribution in [0.25, 0.3) is 0 Å². The summed E-state index contributed by atoms with van der Waals surface area (Å²) in [5.74, 6) is -0.0801. The van der Waals surface area contributed by atoms with Crippen LogP contribution in [0.1, 0.15) is 50.5 Å². The molecular weight excluding hydrogens is 312 g/mol. The minimum Gasteiger partial charge on any atom is -0.353 e. The molecule has 1 aromatic carbocycles. The SMILES string of the molecule is Cc1ccc(S(=O)(=O)NCCC(=O)NC2CCCCCC2)cc1. The van der Waals surface area contributed by atoms with Crippen LogP contribution in [-0.4, -0.2) is 26.9 Å². The highest BCUT2D eigenvalue weighted by molar-refractivity contribution is 7.89. The minimum atomic E-state index is -3.54. The fraction of sp³-hybridized carbons (Fsp3) is 0.588. The lowest BCUT2D eigenvalue weighted by Crippen LogP contribution is -2.36. The second kappa shape index (κ2) is 8.45. The number of amides is 1. The van der Waals surface area contributed by atoms with Crippen molar-refractivity contribution >= 4 is 15.9 Å². The van der Waals surface area contributed by atoms with Gasteiger partial charge in [-0.05, 0) is 31.9 Å². The summed E-state index contributed by atoms with van der Waals surface area (Å²) < 4.78 is 26.7. The predicted octanol–water partition coefficient (Wildman–Crippen LogP) is 2.50. The molecule has 0 bridgehead atoms. The van der Waals surface area contributed by atoms with Crippen molar-refractivity contribution in [3.8, 4) is 0 Å². The van der Waals surface area contributed by atoms with Gasteiger partial charge in [-0.15, -0.1) is 0 Å². The molecule has 1 saturated carbocycles. The van der Waals surface area contributed by atoms with E-state index in [2.05, 4.69) is 10.0 Å². The summed E-state index contributed by atoms with van der Waals surface area (Å²) in [6, 6.07) is 6.91. The third-order valence-electron chi connectivity index (χ3n) is 4.20. The van der Waals surface area contributed by atoms with Crippen molar-refractivity contribution in [2.24, 2.45) is 0 Å². The largest absolute Gasteiger partial charge is 0.353 e. The quantitative estimate of drug-likeness (QED) is 0.783. The van der Waals surface area contributed by atoms with Crippen molar-refractivity contribution in [1.29, 1.82) is 0 Å². The highest BCUT2D eigenvalue weighted by Gasteiger charge is 2.16. The van der Waals surface area contributed by atoms with Gasteiger partial charge in [0.05, 0.1) is 4.90 Å². The fourth-order valence-corrected chi connectivity index (χ4v) is 3.86. The molecule has 0 heterocycles. The second-order valence-electron chi connectivity index (χ2n) is 6.22. The lowest BCUT2D eigenvalue weighted by atomic mass is 10.1. The maximum Gasteiger partial charge on any atom is 0.240 e. The number of carbonyl (C=O) groups is 1. The van der Waals surface area contributed by atoms with Crippen molar-refractivity contribution in [2.45, 2.75) is 62.8 Å². The Balaban J connectivity index is 1.77. The van der Waals surface area contributed by atoms with Gasteiger partial charge < -0.3 is 5.32 Å². The van der Waals surface area contributed by atoms with Gasteiger partial charge in [-0.3, -0.25) is 4.79 Å². The van der Waals surface area contributed by atoms with Gasteiger partial charge in [-0.2, -0.15) is 0 Å². The number of carbonyl (C=O) groups excluding carboxylic acids is 1. The molecule has 0 atom stereocenters. The molecule has 128 valence electrons. The van der Waals surface area contributed by atoms with E-state index in [9.17, 15) is 13.2 Å². The Labute approximate surface area is 138 Å².